The molecule has 3 atom stereocenters. The molecule has 7 aromatic heterocycles. The zero-order valence-corrected chi connectivity index (χ0v) is 58.0. The second-order valence-electron chi connectivity index (χ2n) is 25.2. The molecule has 0 radical (unpaired) electrons. The first-order valence-corrected chi connectivity index (χ1v) is 34.2. The number of aromatic nitrogens is 13. The Balaban J connectivity index is 0.000000131. The summed E-state index contributed by atoms with van der Waals surface area (Å²) in [5, 5.41) is 19.4. The lowest BCUT2D eigenvalue weighted by atomic mass is 9.88. The standard InChI is InChI=1S/C26H27N5O.C24H24N6O3.C23H22N6O2.C4H5N3O/c1-16-8-6-12-20-23(16)29-26(30-24(20)27-15-18-9-4-3-5-10-18)31-25(32)19-11-7-13-22-21(19)14-17(2)28-22;1-14-19-17(11-12-33-14)22(26-13-15-7-4-3-5-8-15)29-23(27-19)30-18-10-6-9-16(21(25)31)20(18)28-24(30)32-2;1-14-20-17(10-11-31-14)22(25-12-15-6-3-2-4-7-15)28-23(27-20)29-19-9-5-8-16(21(24)30)18(19)13-26-29;5-4(8)3-1-6-2-7-3/h3-5,7,9-11,13-14,16,28H,6,8,12,15H2,1-2H3,(H2,27,29,30,31,32);3-10,14H,11-13H2,1-2H3,(H2,25,31)(H,26,27,29);2-9,13-14H,10-12H2,1H3,(H2,24,30)(H,25,27,28);1-2H,(H2,5,8)(H,6,7). The number of aryl methyl sites for hydroxylation is 1. The number of hydrogen-bond donors (Lipinski definition) is 9. The number of methoxy groups -OCH3 is 1. The number of carbonyl (C=O) groups excluding carboxylic acids is 4. The van der Waals surface area contributed by atoms with Crippen molar-refractivity contribution in [2.45, 2.75) is 97.6 Å². The summed E-state index contributed by atoms with van der Waals surface area (Å²) in [7, 11) is 1.51. The largest absolute Gasteiger partial charge is 0.468 e. The molecule has 0 saturated heterocycles. The monoisotopic (exact) mass is 1390 g/mol. The number of ether oxygens (including phenoxy) is 3. The Labute approximate surface area is 597 Å². The van der Waals surface area contributed by atoms with Crippen molar-refractivity contribution >= 4 is 79.9 Å². The summed E-state index contributed by atoms with van der Waals surface area (Å²) in [6.45, 7) is 11.3. The van der Waals surface area contributed by atoms with Crippen LogP contribution < -0.4 is 43.2 Å². The van der Waals surface area contributed by atoms with Gasteiger partial charge in [-0.15, -0.1) is 0 Å². The Hall–Kier alpha value is -12.8. The Morgan fingerprint density at radius 3 is 1.68 bits per heavy atom. The first kappa shape index (κ1) is 69.7. The van der Waals surface area contributed by atoms with Crippen LogP contribution in [0, 0.1) is 6.92 Å². The predicted molar refractivity (Wildman–Crippen MR) is 396 cm³/mol. The molecule has 4 amide bonds. The van der Waals surface area contributed by atoms with Crippen LogP contribution in [0.4, 0.5) is 23.4 Å². The molecule has 27 nitrogen and oxygen atoms in total. The van der Waals surface area contributed by atoms with Crippen molar-refractivity contribution in [3.63, 3.8) is 0 Å². The number of hydrogen-bond acceptors (Lipinski definition) is 19. The minimum absolute atomic E-state index is 0.147. The van der Waals surface area contributed by atoms with Gasteiger partial charge >= 0.3 is 6.01 Å². The van der Waals surface area contributed by atoms with E-state index < -0.39 is 17.7 Å². The normalized spacial score (nSPS) is 14.9. The summed E-state index contributed by atoms with van der Waals surface area (Å²) in [6, 6.07) is 49.0. The molecule has 9 heterocycles. The molecule has 3 aliphatic rings. The van der Waals surface area contributed by atoms with Gasteiger partial charge in [0.05, 0.1) is 90.5 Å². The van der Waals surface area contributed by atoms with Crippen LogP contribution in [-0.4, -0.2) is 108 Å². The van der Waals surface area contributed by atoms with E-state index in [-0.39, 0.29) is 24.1 Å². The number of nitrogens with two attached hydrogens (primary N) is 3. The average Bonchev–Trinajstić information content (AvgIpc) is 1.58. The fraction of sp³-hybridized carbons (Fsp3) is 0.234. The van der Waals surface area contributed by atoms with Gasteiger partial charge in [-0.2, -0.15) is 29.7 Å². The predicted octanol–water partition coefficient (Wildman–Crippen LogP) is 11.4. The van der Waals surface area contributed by atoms with Gasteiger partial charge in [0.25, 0.3) is 23.7 Å². The molecule has 6 aromatic carbocycles. The number of carbonyl (C=O) groups is 4. The molecule has 0 spiro atoms. The highest BCUT2D eigenvalue weighted by molar-refractivity contribution is 6.12. The molecule has 0 bridgehead atoms. The Morgan fingerprint density at radius 1 is 0.567 bits per heavy atom. The maximum atomic E-state index is 13.2. The van der Waals surface area contributed by atoms with Crippen molar-refractivity contribution in [3.05, 3.63) is 249 Å². The van der Waals surface area contributed by atoms with E-state index in [4.69, 9.17) is 61.3 Å². The lowest BCUT2D eigenvalue weighted by Crippen LogP contribution is -2.21. The number of imidazole rings is 2. The zero-order valence-electron chi connectivity index (χ0n) is 58.0. The lowest BCUT2D eigenvalue weighted by Gasteiger charge is -2.25. The summed E-state index contributed by atoms with van der Waals surface area (Å²) in [5.41, 5.74) is 30.8. The number of amides is 4. The van der Waals surface area contributed by atoms with Crippen LogP contribution >= 0.6 is 0 Å². The van der Waals surface area contributed by atoms with Crippen molar-refractivity contribution in [2.24, 2.45) is 17.2 Å². The smallest absolute Gasteiger partial charge is 0.304 e. The quantitative estimate of drug-likeness (QED) is 0.0409. The van der Waals surface area contributed by atoms with Gasteiger partial charge in [0, 0.05) is 76.7 Å². The molecule has 0 fully saturated rings. The third-order valence-electron chi connectivity index (χ3n) is 18.1. The van der Waals surface area contributed by atoms with Gasteiger partial charge in [-0.1, -0.05) is 116 Å². The highest BCUT2D eigenvalue weighted by Crippen LogP contribution is 2.37. The van der Waals surface area contributed by atoms with Gasteiger partial charge in [-0.25, -0.2) is 24.5 Å². The molecule has 27 heteroatoms. The Kier molecular flexibility index (Phi) is 21.1. The van der Waals surface area contributed by atoms with Crippen molar-refractivity contribution < 1.29 is 33.4 Å². The summed E-state index contributed by atoms with van der Waals surface area (Å²) in [6.07, 6.45) is 8.69. The highest BCUT2D eigenvalue weighted by Gasteiger charge is 2.30. The van der Waals surface area contributed by atoms with Gasteiger partial charge < -0.3 is 57.3 Å². The first-order chi connectivity index (χ1) is 50.6. The second-order valence-corrected chi connectivity index (χ2v) is 25.2. The number of fused-ring (bicyclic) bond motifs is 6. The molecule has 528 valence electrons. The van der Waals surface area contributed by atoms with Crippen molar-refractivity contribution in [1.82, 2.24) is 64.2 Å². The fourth-order valence-electron chi connectivity index (χ4n) is 13.0. The summed E-state index contributed by atoms with van der Waals surface area (Å²) in [5.74, 6) is 2.07. The fourth-order valence-corrected chi connectivity index (χ4v) is 13.0. The van der Waals surface area contributed by atoms with Gasteiger partial charge in [0.2, 0.25) is 17.8 Å². The maximum absolute atomic E-state index is 13.2. The molecule has 12 N–H and O–H groups in total. The van der Waals surface area contributed by atoms with E-state index in [1.807, 2.05) is 112 Å². The summed E-state index contributed by atoms with van der Waals surface area (Å²) < 4.78 is 20.5. The van der Waals surface area contributed by atoms with Crippen molar-refractivity contribution in [3.8, 4) is 17.9 Å². The number of para-hydroxylation sites is 1. The van der Waals surface area contributed by atoms with Crippen LogP contribution in [0.1, 0.15) is 149 Å². The van der Waals surface area contributed by atoms with Gasteiger partial charge in [-0.05, 0) is 105 Å². The third-order valence-corrected chi connectivity index (χ3v) is 18.1. The van der Waals surface area contributed by atoms with E-state index in [2.05, 4.69) is 89.6 Å². The van der Waals surface area contributed by atoms with Crippen LogP contribution in [-0.2, 0) is 48.4 Å². The maximum Gasteiger partial charge on any atom is 0.304 e. The summed E-state index contributed by atoms with van der Waals surface area (Å²) in [4.78, 5) is 89.8. The molecule has 0 saturated carbocycles. The van der Waals surface area contributed by atoms with Gasteiger partial charge in [0.1, 0.15) is 28.7 Å². The van der Waals surface area contributed by atoms with Crippen molar-refractivity contribution in [2.75, 3.05) is 41.6 Å². The van der Waals surface area contributed by atoms with E-state index >= 15 is 0 Å². The lowest BCUT2D eigenvalue weighted by molar-refractivity contribution is 0.0519. The van der Waals surface area contributed by atoms with Crippen LogP contribution in [0.5, 0.6) is 6.01 Å². The number of H-pyrrole nitrogens is 2. The topological polar surface area (TPSA) is 380 Å². The summed E-state index contributed by atoms with van der Waals surface area (Å²) >= 11 is 0. The molecular weight excluding hydrogens is 1320 g/mol. The molecule has 3 unspecified atom stereocenters. The number of primary amides is 3. The van der Waals surface area contributed by atoms with Crippen LogP contribution in [0.3, 0.4) is 0 Å². The number of anilines is 4. The van der Waals surface area contributed by atoms with Crippen LogP contribution in [0.2, 0.25) is 0 Å². The number of rotatable bonds is 17. The third kappa shape index (κ3) is 15.4. The zero-order chi connectivity index (χ0) is 72.4. The number of aromatic amines is 2. The van der Waals surface area contributed by atoms with Crippen molar-refractivity contribution in [1.29, 1.82) is 0 Å². The Morgan fingerprint density at radius 2 is 1.12 bits per heavy atom. The minimum Gasteiger partial charge on any atom is -0.468 e. The molecular formula is C77H78N20O7. The van der Waals surface area contributed by atoms with E-state index in [0.717, 1.165) is 105 Å². The van der Waals surface area contributed by atoms with E-state index in [1.165, 1.54) is 30.8 Å². The SMILES string of the molecule is CC1OCCc2c(NCc3ccccc3)nc(-n3ncc4c(C(N)=O)cccc43)nc21.COc1nc2c(C(N)=O)cccc2n1-c1nc(NCc2ccccc2)c2c(n1)C(C)OCC2.Cc1cc2c(C(=O)Nc3nc(NCc4ccccc4)c4c(n3)C(C)CCC4)cccc2[nH]1.NC(=O)c1cnc[nH]1. The average molecular weight is 1400 g/mol. The molecule has 13 aromatic rings. The second kappa shape index (κ2) is 31.4. The molecule has 104 heavy (non-hydrogen) atoms. The van der Waals surface area contributed by atoms with E-state index in [9.17, 15) is 19.2 Å². The number of nitrogens with zero attached hydrogens (tertiary/aromatic N) is 11. The van der Waals surface area contributed by atoms with Crippen LogP contribution in [0.15, 0.2) is 170 Å². The number of benzene rings is 6. The van der Waals surface area contributed by atoms with E-state index in [0.29, 0.717) is 102 Å². The number of nitrogens with one attached hydrogen (secondary N) is 6. The van der Waals surface area contributed by atoms with Crippen LogP contribution in [0.25, 0.3) is 44.7 Å². The van der Waals surface area contributed by atoms with Gasteiger partial charge in [-0.3, -0.25) is 24.5 Å². The Bertz CT molecular complexity index is 5260. The molecule has 2 aliphatic heterocycles. The molecule has 1 aliphatic carbocycles. The van der Waals surface area contributed by atoms with Gasteiger partial charge in [0.15, 0.2) is 0 Å². The first-order valence-electron chi connectivity index (χ1n) is 34.2. The highest BCUT2D eigenvalue weighted by atomic mass is 16.5. The molecule has 16 rings (SSSR count). The van der Waals surface area contributed by atoms with E-state index in [1.54, 1.807) is 39.7 Å². The minimum atomic E-state index is -0.563.